The fourth-order valence-corrected chi connectivity index (χ4v) is 1.58. The van der Waals surface area contributed by atoms with E-state index in [2.05, 4.69) is 5.32 Å². The van der Waals surface area contributed by atoms with Crippen LogP contribution >= 0.6 is 12.4 Å². The van der Waals surface area contributed by atoms with Crippen molar-refractivity contribution in [3.8, 4) is 11.5 Å². The molecule has 0 spiro atoms. The van der Waals surface area contributed by atoms with E-state index in [4.69, 9.17) is 4.74 Å². The van der Waals surface area contributed by atoms with Crippen molar-refractivity contribution < 1.29 is 4.74 Å². The van der Waals surface area contributed by atoms with Gasteiger partial charge in [-0.1, -0.05) is 24.3 Å². The van der Waals surface area contributed by atoms with Crippen molar-refractivity contribution in [3.05, 3.63) is 48.5 Å². The molecule has 2 aromatic carbocycles. The van der Waals surface area contributed by atoms with E-state index in [0.29, 0.717) is 0 Å². The number of halogens is 1. The number of anilines is 2. The van der Waals surface area contributed by atoms with Gasteiger partial charge in [0.25, 0.3) is 0 Å². The number of rotatable bonds is 0. The van der Waals surface area contributed by atoms with Crippen molar-refractivity contribution in [1.29, 1.82) is 0 Å². The van der Waals surface area contributed by atoms with Crippen LogP contribution in [0.5, 0.6) is 11.5 Å². The van der Waals surface area contributed by atoms with Gasteiger partial charge in [0, 0.05) is 0 Å². The van der Waals surface area contributed by atoms with Crippen LogP contribution in [0.25, 0.3) is 0 Å². The predicted molar refractivity (Wildman–Crippen MR) is 68.5 cm³/mol. The molecule has 0 fully saturated rings. The number of benzene rings is 2. The van der Waals surface area contributed by atoms with E-state index >= 15 is 0 Å². The summed E-state index contributed by atoms with van der Waals surface area (Å²) in [5.41, 5.74) is 2.04. The molecule has 0 atom stereocenters. The van der Waals surface area contributed by atoms with Gasteiger partial charge in [-0.15, -0.1) is 12.4 Å². The fourth-order valence-electron chi connectivity index (χ4n) is 1.58. The van der Waals surface area contributed by atoms with E-state index in [9.17, 15) is 0 Å². The summed E-state index contributed by atoms with van der Waals surface area (Å²) in [6.45, 7) is 0. The smallest absolute Gasteiger partial charge is 0.150 e. The van der Waals surface area contributed by atoms with Crippen LogP contribution in [0, 0.1) is 0 Å². The van der Waals surface area contributed by atoms with Crippen LogP contribution in [-0.2, 0) is 0 Å². The first-order valence-corrected chi connectivity index (χ1v) is 4.56. The van der Waals surface area contributed by atoms with Gasteiger partial charge in [0.1, 0.15) is 0 Å². The third-order valence-corrected chi connectivity index (χ3v) is 2.26. The maximum Gasteiger partial charge on any atom is 0.150 e. The average Bonchev–Trinajstić information content (AvgIpc) is 2.26. The van der Waals surface area contributed by atoms with Crippen LogP contribution in [0.3, 0.4) is 0 Å². The normalized spacial score (nSPS) is 10.5. The lowest BCUT2D eigenvalue weighted by Crippen LogP contribution is -2.01. The lowest BCUT2D eigenvalue weighted by atomic mass is 10.2. The Morgan fingerprint density at radius 2 is 1.19 bits per heavy atom. The zero-order valence-electron chi connectivity index (χ0n) is 8.64. The second-order valence-electron chi connectivity index (χ2n) is 3.22. The zero-order chi connectivity index (χ0) is 9.38. The third-order valence-electron chi connectivity index (χ3n) is 2.26. The van der Waals surface area contributed by atoms with Gasteiger partial charge in [0.05, 0.1) is 11.4 Å². The van der Waals surface area contributed by atoms with E-state index in [1.165, 1.54) is 0 Å². The standard InChI is InChI=1S/C12H9NO.ClH.H3N/c1-3-7-11-9(5-1)13-10-6-2-4-8-12(10)14-11;;/h1-8,13H;1H;1H3. The molecule has 0 aromatic heterocycles. The van der Waals surface area contributed by atoms with Crippen molar-refractivity contribution >= 4 is 23.8 Å². The highest BCUT2D eigenvalue weighted by Gasteiger charge is 2.13. The Hall–Kier alpha value is -1.71. The second kappa shape index (κ2) is 4.88. The molecule has 0 saturated carbocycles. The SMILES string of the molecule is Cl.N.c1ccc2c(c1)Nc1ccccc1O2. The van der Waals surface area contributed by atoms with Crippen molar-refractivity contribution in [2.24, 2.45) is 0 Å². The van der Waals surface area contributed by atoms with Crippen molar-refractivity contribution in [2.45, 2.75) is 0 Å². The molecule has 0 aliphatic carbocycles. The molecular weight excluding hydrogens is 224 g/mol. The number of para-hydroxylation sites is 4. The molecule has 0 amide bonds. The minimum absolute atomic E-state index is 0. The van der Waals surface area contributed by atoms with Crippen molar-refractivity contribution in [2.75, 3.05) is 5.32 Å². The van der Waals surface area contributed by atoms with E-state index in [1.54, 1.807) is 0 Å². The third kappa shape index (κ3) is 1.96. The molecule has 84 valence electrons. The summed E-state index contributed by atoms with van der Waals surface area (Å²) in [6.07, 6.45) is 0. The highest BCUT2D eigenvalue weighted by Crippen LogP contribution is 2.40. The van der Waals surface area contributed by atoms with Crippen LogP contribution in [0.15, 0.2) is 48.5 Å². The molecule has 0 bridgehead atoms. The molecule has 0 saturated heterocycles. The maximum absolute atomic E-state index is 5.71. The lowest BCUT2D eigenvalue weighted by molar-refractivity contribution is 0.481. The number of hydrogen-bond acceptors (Lipinski definition) is 3. The molecule has 16 heavy (non-hydrogen) atoms. The van der Waals surface area contributed by atoms with Gasteiger partial charge < -0.3 is 16.2 Å². The van der Waals surface area contributed by atoms with Gasteiger partial charge in [0.15, 0.2) is 11.5 Å². The average molecular weight is 237 g/mol. The Kier molecular flexibility index (Phi) is 3.77. The van der Waals surface area contributed by atoms with E-state index in [-0.39, 0.29) is 18.6 Å². The van der Waals surface area contributed by atoms with Crippen LogP contribution in [0.4, 0.5) is 11.4 Å². The topological polar surface area (TPSA) is 56.3 Å². The van der Waals surface area contributed by atoms with Gasteiger partial charge in [-0.25, -0.2) is 0 Å². The molecule has 3 nitrogen and oxygen atoms in total. The van der Waals surface area contributed by atoms with Gasteiger partial charge >= 0.3 is 0 Å². The first-order chi connectivity index (χ1) is 6.93. The molecule has 0 unspecified atom stereocenters. The Balaban J connectivity index is 0.000000640. The minimum Gasteiger partial charge on any atom is -0.453 e. The second-order valence-corrected chi connectivity index (χ2v) is 3.22. The van der Waals surface area contributed by atoms with Crippen LogP contribution in [0.1, 0.15) is 0 Å². The molecule has 2 aromatic rings. The van der Waals surface area contributed by atoms with Crippen LogP contribution in [0.2, 0.25) is 0 Å². The lowest BCUT2D eigenvalue weighted by Gasteiger charge is -2.20. The van der Waals surface area contributed by atoms with Gasteiger partial charge in [-0.05, 0) is 24.3 Å². The van der Waals surface area contributed by atoms with E-state index < -0.39 is 0 Å². The molecule has 1 heterocycles. The highest BCUT2D eigenvalue weighted by atomic mass is 35.5. The number of fused-ring (bicyclic) bond motifs is 2. The first-order valence-electron chi connectivity index (χ1n) is 4.56. The minimum atomic E-state index is 0. The summed E-state index contributed by atoms with van der Waals surface area (Å²) in [5, 5.41) is 3.32. The summed E-state index contributed by atoms with van der Waals surface area (Å²) in [7, 11) is 0. The highest BCUT2D eigenvalue weighted by molar-refractivity contribution is 5.85. The van der Waals surface area contributed by atoms with Gasteiger partial charge in [-0.2, -0.15) is 0 Å². The predicted octanol–water partition coefficient (Wildman–Crippen LogP) is 4.12. The van der Waals surface area contributed by atoms with Gasteiger partial charge in [0.2, 0.25) is 0 Å². The quantitative estimate of drug-likeness (QED) is 0.617. The fraction of sp³-hybridized carbons (Fsp3) is 0. The monoisotopic (exact) mass is 236 g/mol. The molecule has 1 aliphatic heterocycles. The molecular formula is C12H13ClN2O. The Morgan fingerprint density at radius 1 is 0.750 bits per heavy atom. The maximum atomic E-state index is 5.71. The summed E-state index contributed by atoms with van der Waals surface area (Å²) in [6, 6.07) is 15.8. The number of ether oxygens (including phenoxy) is 1. The van der Waals surface area contributed by atoms with E-state index in [0.717, 1.165) is 22.9 Å². The Morgan fingerprint density at radius 3 is 1.69 bits per heavy atom. The molecule has 0 radical (unpaired) electrons. The first kappa shape index (κ1) is 12.4. The summed E-state index contributed by atoms with van der Waals surface area (Å²) in [5.74, 6) is 1.76. The van der Waals surface area contributed by atoms with Crippen molar-refractivity contribution in [1.82, 2.24) is 6.15 Å². The van der Waals surface area contributed by atoms with E-state index in [1.807, 2.05) is 48.5 Å². The molecule has 4 N–H and O–H groups in total. The van der Waals surface area contributed by atoms with Crippen LogP contribution < -0.4 is 16.2 Å². The molecule has 1 aliphatic rings. The molecule has 4 heteroatoms. The van der Waals surface area contributed by atoms with Gasteiger partial charge in [-0.3, -0.25) is 0 Å². The zero-order valence-corrected chi connectivity index (χ0v) is 9.46. The summed E-state index contributed by atoms with van der Waals surface area (Å²) in [4.78, 5) is 0. The number of nitrogens with one attached hydrogen (secondary N) is 1. The Bertz CT molecular complexity index is 400. The Labute approximate surface area is 100 Å². The number of hydrogen-bond donors (Lipinski definition) is 2. The van der Waals surface area contributed by atoms with Crippen LogP contribution in [-0.4, -0.2) is 0 Å². The van der Waals surface area contributed by atoms with Crippen molar-refractivity contribution in [3.63, 3.8) is 0 Å². The summed E-state index contributed by atoms with van der Waals surface area (Å²) >= 11 is 0. The largest absolute Gasteiger partial charge is 0.453 e. The summed E-state index contributed by atoms with van der Waals surface area (Å²) < 4.78 is 5.71. The molecule has 3 rings (SSSR count).